The summed E-state index contributed by atoms with van der Waals surface area (Å²) in [5, 5.41) is 28.2. The van der Waals surface area contributed by atoms with Gasteiger partial charge in [0.15, 0.2) is 0 Å². The van der Waals surface area contributed by atoms with Crippen molar-refractivity contribution in [3.63, 3.8) is 0 Å². The third-order valence-electron chi connectivity index (χ3n) is 20.6. The van der Waals surface area contributed by atoms with Gasteiger partial charge in [0.1, 0.15) is 0 Å². The molecule has 6 atom stereocenters. The van der Waals surface area contributed by atoms with Crippen molar-refractivity contribution >= 4 is 38.1 Å². The molecule has 2 heterocycles. The molecule has 336 valence electrons. The summed E-state index contributed by atoms with van der Waals surface area (Å²) in [4.78, 5) is 0. The number of hydrogen-bond donors (Lipinski definition) is 0. The van der Waals surface area contributed by atoms with E-state index in [0.717, 1.165) is 45.8 Å². The summed E-state index contributed by atoms with van der Waals surface area (Å²) < 4.78 is 2.58. The van der Waals surface area contributed by atoms with Crippen molar-refractivity contribution in [2.75, 3.05) is 0 Å². The summed E-state index contributed by atoms with van der Waals surface area (Å²) in [5.74, 6) is 6.03. The molecule has 5 unspecified atom stereocenters. The van der Waals surface area contributed by atoms with Crippen LogP contribution in [0.1, 0.15) is 224 Å². The number of rotatable bonds is 0. The van der Waals surface area contributed by atoms with Gasteiger partial charge in [0, 0.05) is 32.4 Å². The Kier molecular flexibility index (Phi) is 7.24. The van der Waals surface area contributed by atoms with Crippen LogP contribution >= 0.6 is 0 Å². The molecule has 8 bridgehead atoms. The summed E-state index contributed by atoms with van der Waals surface area (Å²) in [5.41, 5.74) is 24.0. The summed E-state index contributed by atoms with van der Waals surface area (Å²) >= 11 is 0. The van der Waals surface area contributed by atoms with Crippen molar-refractivity contribution in [3.05, 3.63) is 109 Å². The van der Waals surface area contributed by atoms with Crippen LogP contribution in [0, 0.1) is 46.3 Å². The molecule has 4 fully saturated rings. The SMILES string of the molecule is CC(C)(C)c1cc(C(C)(C)C)c2c3c4c(c(C#N)cc3n3c5cc(C#N)c6c(c5c1c23)-c1cc2c(cc1C6(C)C)C1CC3CC(CC2C3)C1)C(C)(C)c1cc2c(cc1-4)C1CC3CC2C[C@@H](C3)C1. The van der Waals surface area contributed by atoms with Crippen LogP contribution in [-0.2, 0) is 21.7 Å². The van der Waals surface area contributed by atoms with Crippen molar-refractivity contribution in [1.29, 1.82) is 10.5 Å². The van der Waals surface area contributed by atoms with E-state index in [2.05, 4.69) is 128 Å². The first-order valence-corrected chi connectivity index (χ1v) is 26.5. The molecular weight excluding hydrogens is 811 g/mol. The van der Waals surface area contributed by atoms with E-state index in [1.54, 1.807) is 22.3 Å². The molecule has 17 rings (SSSR count). The molecular formula is C64H65N3. The van der Waals surface area contributed by atoms with Gasteiger partial charge in [-0.25, -0.2) is 0 Å². The Hall–Kier alpha value is -5.12. The first-order valence-electron chi connectivity index (χ1n) is 26.5. The van der Waals surface area contributed by atoms with Gasteiger partial charge in [0.05, 0.1) is 39.8 Å². The van der Waals surface area contributed by atoms with E-state index >= 15 is 0 Å². The molecule has 0 N–H and O–H groups in total. The third-order valence-corrected chi connectivity index (χ3v) is 20.6. The van der Waals surface area contributed by atoms with Gasteiger partial charge < -0.3 is 4.40 Å². The van der Waals surface area contributed by atoms with Gasteiger partial charge in [-0.2, -0.15) is 10.5 Å². The molecule has 3 nitrogen and oxygen atoms in total. The standard InChI is InChI=1S/C64H65N3/c1-61(2,3)48-27-49(62(4,5)6)55-57-51(22-39(29-66)59-53(57)45-24-41-35-15-32-12-33(16-35)20-37(19-32)43(41)26-47(45)64(59,9)10)67-50-21-38(28-65)58-52(56(50)54(48)60(55)67)44-23-40-34-13-30-11-31(14-34)18-36(17-30)42(40)25-46(44)63(58,7)8/h21-27,30-37H,11-20H2,1-10H3/t30-,31?,32?,33?,34?,35?,36?,37?/m0/s1. The first-order chi connectivity index (χ1) is 31.8. The molecule has 0 saturated heterocycles. The minimum atomic E-state index is -0.324. The van der Waals surface area contributed by atoms with Crippen molar-refractivity contribution in [1.82, 2.24) is 4.40 Å². The highest BCUT2D eigenvalue weighted by Crippen LogP contribution is 2.65. The lowest BCUT2D eigenvalue weighted by Crippen LogP contribution is -2.25. The minimum Gasteiger partial charge on any atom is -0.308 e. The number of nitriles is 2. The van der Waals surface area contributed by atoms with E-state index < -0.39 is 0 Å². The molecule has 4 saturated carbocycles. The molecule has 10 aliphatic rings. The molecule has 7 aromatic rings. The quantitative estimate of drug-likeness (QED) is 0.152. The lowest BCUT2D eigenvalue weighted by Gasteiger charge is -2.38. The monoisotopic (exact) mass is 876 g/mol. The van der Waals surface area contributed by atoms with E-state index in [0.29, 0.717) is 23.7 Å². The highest BCUT2D eigenvalue weighted by Gasteiger charge is 2.49. The van der Waals surface area contributed by atoms with E-state index in [1.807, 2.05) is 0 Å². The number of benzene rings is 5. The van der Waals surface area contributed by atoms with E-state index in [4.69, 9.17) is 0 Å². The fourth-order valence-corrected chi connectivity index (χ4v) is 18.3. The number of aromatic nitrogens is 1. The van der Waals surface area contributed by atoms with E-state index in [9.17, 15) is 10.5 Å². The van der Waals surface area contributed by atoms with Crippen molar-refractivity contribution in [2.24, 2.45) is 23.7 Å². The second-order valence-electron chi connectivity index (χ2n) is 27.2. The largest absolute Gasteiger partial charge is 0.308 e. The molecule has 67 heavy (non-hydrogen) atoms. The number of hydrogen-bond acceptors (Lipinski definition) is 2. The van der Waals surface area contributed by atoms with E-state index in [-0.39, 0.29) is 21.7 Å². The first kappa shape index (κ1) is 39.8. The highest BCUT2D eigenvalue weighted by molar-refractivity contribution is 6.31. The van der Waals surface area contributed by atoms with Crippen LogP contribution in [0.4, 0.5) is 0 Å². The Morgan fingerprint density at radius 1 is 0.463 bits per heavy atom. The van der Waals surface area contributed by atoms with Crippen LogP contribution in [0.15, 0.2) is 42.5 Å². The zero-order valence-electron chi connectivity index (χ0n) is 41.6. The molecule has 3 heteroatoms. The molecule has 5 aromatic carbocycles. The zero-order valence-corrected chi connectivity index (χ0v) is 41.6. The van der Waals surface area contributed by atoms with Gasteiger partial charge >= 0.3 is 0 Å². The van der Waals surface area contributed by atoms with Crippen molar-refractivity contribution in [2.45, 2.75) is 179 Å². The summed E-state index contributed by atoms with van der Waals surface area (Å²) in [7, 11) is 0. The number of nitrogens with zero attached hydrogens (tertiary/aromatic N) is 3. The predicted molar refractivity (Wildman–Crippen MR) is 274 cm³/mol. The average molecular weight is 876 g/mol. The Bertz CT molecular complexity index is 3320. The van der Waals surface area contributed by atoms with Crippen LogP contribution in [0.2, 0.25) is 0 Å². The minimum absolute atomic E-state index is 0.166. The molecule has 0 aliphatic heterocycles. The van der Waals surface area contributed by atoms with Crippen LogP contribution in [0.5, 0.6) is 0 Å². The topological polar surface area (TPSA) is 52.0 Å². The molecule has 0 radical (unpaired) electrons. The maximum Gasteiger partial charge on any atom is 0.0995 e. The Balaban J connectivity index is 1.12. The molecule has 10 aliphatic carbocycles. The number of fused-ring (bicyclic) bond motifs is 14. The van der Waals surface area contributed by atoms with Crippen LogP contribution in [-0.4, -0.2) is 4.40 Å². The van der Waals surface area contributed by atoms with Gasteiger partial charge in [0.25, 0.3) is 0 Å². The lowest BCUT2D eigenvalue weighted by atomic mass is 9.67. The average Bonchev–Trinajstić information content (AvgIpc) is 3.85. The summed E-state index contributed by atoms with van der Waals surface area (Å²) in [6, 6.07) is 23.5. The molecule has 0 amide bonds. The lowest BCUT2D eigenvalue weighted by molar-refractivity contribution is 0.165. The third kappa shape index (κ3) is 4.75. The van der Waals surface area contributed by atoms with Gasteiger partial charge in [-0.3, -0.25) is 0 Å². The fraction of sp³-hybridized carbons (Fsp3) is 0.500. The molecule has 0 spiro atoms. The normalized spacial score (nSPS) is 28.7. The highest BCUT2D eigenvalue weighted by atomic mass is 14.9. The Morgan fingerprint density at radius 3 is 1.13 bits per heavy atom. The van der Waals surface area contributed by atoms with Gasteiger partial charge in [0.2, 0.25) is 0 Å². The van der Waals surface area contributed by atoms with Crippen LogP contribution < -0.4 is 0 Å². The Labute approximate surface area is 397 Å². The van der Waals surface area contributed by atoms with Crippen molar-refractivity contribution < 1.29 is 0 Å². The van der Waals surface area contributed by atoms with Gasteiger partial charge in [-0.15, -0.1) is 0 Å². The maximum atomic E-state index is 11.4. The fourth-order valence-electron chi connectivity index (χ4n) is 18.3. The summed E-state index contributed by atoms with van der Waals surface area (Å²) in [6.45, 7) is 24.1. The second-order valence-corrected chi connectivity index (χ2v) is 27.2. The van der Waals surface area contributed by atoms with Crippen LogP contribution in [0.3, 0.4) is 0 Å². The smallest absolute Gasteiger partial charge is 0.0995 e. The van der Waals surface area contributed by atoms with Crippen LogP contribution in [0.25, 0.3) is 60.3 Å². The molecule has 2 aromatic heterocycles. The van der Waals surface area contributed by atoms with Gasteiger partial charge in [-0.05, 0) is 212 Å². The van der Waals surface area contributed by atoms with Gasteiger partial charge in [-0.1, -0.05) is 99.6 Å². The predicted octanol–water partition coefficient (Wildman–Crippen LogP) is 16.6. The van der Waals surface area contributed by atoms with Crippen molar-refractivity contribution in [3.8, 4) is 34.4 Å². The summed E-state index contributed by atoms with van der Waals surface area (Å²) in [6.07, 6.45) is 13.6. The Morgan fingerprint density at radius 2 is 0.806 bits per heavy atom. The maximum absolute atomic E-state index is 11.4. The second kappa shape index (κ2) is 12.2. The zero-order chi connectivity index (χ0) is 45.9. The van der Waals surface area contributed by atoms with E-state index in [1.165, 1.54) is 147 Å².